The fraction of sp³-hybridized carbons (Fsp3) is 0.625. The summed E-state index contributed by atoms with van der Waals surface area (Å²) in [5, 5.41) is 5.74. The summed E-state index contributed by atoms with van der Waals surface area (Å²) in [6.07, 6.45) is 7.46. The van der Waals surface area contributed by atoms with E-state index in [0.717, 1.165) is 36.3 Å². The van der Waals surface area contributed by atoms with Crippen LogP contribution in [0.4, 0.5) is 4.79 Å². The van der Waals surface area contributed by atoms with Gasteiger partial charge in [0.25, 0.3) is 5.91 Å². The Bertz CT molecular complexity index is 819. The van der Waals surface area contributed by atoms with E-state index in [1.807, 2.05) is 19.1 Å². The molecule has 1 saturated carbocycles. The second kappa shape index (κ2) is 9.39. The van der Waals surface area contributed by atoms with Crippen LogP contribution in [-0.4, -0.2) is 52.8 Å². The molecule has 7 heteroatoms. The molecule has 0 aromatic heterocycles. The van der Waals surface area contributed by atoms with Gasteiger partial charge in [0.15, 0.2) is 0 Å². The number of carbonyl (C=O) groups is 3. The summed E-state index contributed by atoms with van der Waals surface area (Å²) in [5.41, 5.74) is 1.47. The van der Waals surface area contributed by atoms with E-state index in [4.69, 9.17) is 0 Å². The maximum Gasteiger partial charge on any atom is 0.325 e. The van der Waals surface area contributed by atoms with Gasteiger partial charge in [0.2, 0.25) is 5.91 Å². The summed E-state index contributed by atoms with van der Waals surface area (Å²) in [6.45, 7) is 5.47. The van der Waals surface area contributed by atoms with Crippen molar-refractivity contribution in [2.45, 2.75) is 70.5 Å². The Morgan fingerprint density at radius 3 is 2.48 bits per heavy atom. The van der Waals surface area contributed by atoms with Gasteiger partial charge in [-0.2, -0.15) is 0 Å². The zero-order valence-electron chi connectivity index (χ0n) is 18.5. The van der Waals surface area contributed by atoms with Gasteiger partial charge in [0.05, 0.1) is 0 Å². The molecule has 2 aliphatic heterocycles. The molecule has 31 heavy (non-hydrogen) atoms. The monoisotopic (exact) mass is 426 g/mol. The Morgan fingerprint density at radius 2 is 1.77 bits per heavy atom. The van der Waals surface area contributed by atoms with E-state index < -0.39 is 11.6 Å². The topological polar surface area (TPSA) is 81.8 Å². The number of likely N-dealkylation sites (tertiary alicyclic amines) is 1. The number of amides is 4. The standard InChI is InChI=1S/C24H34N4O3/c1-18-7-3-4-12-24(18)22(30)28(23(31)26-24)17-21(29)25-15-19-8-10-20(11-9-19)16-27-13-5-2-6-14-27/h8-11,18H,2-7,12-17H2,1H3,(H,25,29)(H,26,31). The maximum atomic E-state index is 13.0. The summed E-state index contributed by atoms with van der Waals surface area (Å²) in [7, 11) is 0. The van der Waals surface area contributed by atoms with Crippen molar-refractivity contribution in [3.63, 3.8) is 0 Å². The summed E-state index contributed by atoms with van der Waals surface area (Å²) in [4.78, 5) is 41.4. The van der Waals surface area contributed by atoms with Crippen molar-refractivity contribution in [3.05, 3.63) is 35.4 Å². The molecule has 3 fully saturated rings. The lowest BCUT2D eigenvalue weighted by molar-refractivity contribution is -0.137. The van der Waals surface area contributed by atoms with E-state index in [2.05, 4.69) is 27.7 Å². The molecule has 1 aliphatic carbocycles. The first-order valence-electron chi connectivity index (χ1n) is 11.7. The third-order valence-corrected chi connectivity index (χ3v) is 7.17. The minimum atomic E-state index is -0.820. The maximum absolute atomic E-state index is 13.0. The molecule has 3 aliphatic rings. The van der Waals surface area contributed by atoms with Crippen LogP contribution in [0.15, 0.2) is 24.3 Å². The SMILES string of the molecule is CC1CCCCC12NC(=O)N(CC(=O)NCc1ccc(CN3CCCCC3)cc1)C2=O. The zero-order chi connectivity index (χ0) is 21.8. The van der Waals surface area contributed by atoms with Gasteiger partial charge in [-0.25, -0.2) is 4.79 Å². The minimum absolute atomic E-state index is 0.0919. The molecule has 2 N–H and O–H groups in total. The molecular formula is C24H34N4O3. The van der Waals surface area contributed by atoms with Crippen molar-refractivity contribution in [3.8, 4) is 0 Å². The molecule has 2 saturated heterocycles. The van der Waals surface area contributed by atoms with Crippen LogP contribution in [-0.2, 0) is 22.7 Å². The lowest BCUT2D eigenvalue weighted by Gasteiger charge is -2.36. The summed E-state index contributed by atoms with van der Waals surface area (Å²) >= 11 is 0. The predicted octanol–water partition coefficient (Wildman–Crippen LogP) is 2.79. The Labute approximate surface area is 184 Å². The van der Waals surface area contributed by atoms with Crippen molar-refractivity contribution in [1.82, 2.24) is 20.4 Å². The molecular weight excluding hydrogens is 392 g/mol. The van der Waals surface area contributed by atoms with E-state index in [-0.39, 0.29) is 24.3 Å². The van der Waals surface area contributed by atoms with Crippen LogP contribution in [0.25, 0.3) is 0 Å². The van der Waals surface area contributed by atoms with Crippen LogP contribution in [0, 0.1) is 5.92 Å². The quantitative estimate of drug-likeness (QED) is 0.686. The van der Waals surface area contributed by atoms with Crippen LogP contribution in [0.2, 0.25) is 0 Å². The first-order valence-corrected chi connectivity index (χ1v) is 11.7. The summed E-state index contributed by atoms with van der Waals surface area (Å²) in [5.74, 6) is -0.475. The average molecular weight is 427 g/mol. The molecule has 2 atom stereocenters. The molecule has 0 radical (unpaired) electrons. The van der Waals surface area contributed by atoms with Gasteiger partial charge in [0.1, 0.15) is 12.1 Å². The Hall–Kier alpha value is -2.41. The number of piperidine rings is 1. The zero-order valence-corrected chi connectivity index (χ0v) is 18.5. The average Bonchev–Trinajstić information content (AvgIpc) is 3.01. The first kappa shape index (κ1) is 21.8. The third kappa shape index (κ3) is 4.76. The van der Waals surface area contributed by atoms with E-state index in [1.54, 1.807) is 0 Å². The number of hydrogen-bond donors (Lipinski definition) is 2. The van der Waals surface area contributed by atoms with E-state index >= 15 is 0 Å². The lowest BCUT2D eigenvalue weighted by atomic mass is 9.73. The van der Waals surface area contributed by atoms with Gasteiger partial charge < -0.3 is 10.6 Å². The number of nitrogens with one attached hydrogen (secondary N) is 2. The molecule has 1 spiro atoms. The smallest absolute Gasteiger partial charge is 0.325 e. The normalized spacial score (nSPS) is 26.9. The molecule has 1 aromatic rings. The Morgan fingerprint density at radius 1 is 1.06 bits per heavy atom. The predicted molar refractivity (Wildman–Crippen MR) is 118 cm³/mol. The number of rotatable bonds is 6. The molecule has 4 amide bonds. The molecule has 0 bridgehead atoms. The number of urea groups is 1. The minimum Gasteiger partial charge on any atom is -0.350 e. The van der Waals surface area contributed by atoms with E-state index in [9.17, 15) is 14.4 Å². The van der Waals surface area contributed by atoms with Crippen molar-refractivity contribution in [1.29, 1.82) is 0 Å². The van der Waals surface area contributed by atoms with Crippen LogP contribution in [0.3, 0.4) is 0 Å². The third-order valence-electron chi connectivity index (χ3n) is 7.17. The van der Waals surface area contributed by atoms with Gasteiger partial charge in [-0.1, -0.05) is 50.5 Å². The number of carbonyl (C=O) groups excluding carboxylic acids is 3. The van der Waals surface area contributed by atoms with Crippen LogP contribution in [0.5, 0.6) is 0 Å². The van der Waals surface area contributed by atoms with Gasteiger partial charge >= 0.3 is 6.03 Å². The van der Waals surface area contributed by atoms with E-state index in [0.29, 0.717) is 13.0 Å². The Balaban J connectivity index is 1.27. The number of nitrogens with zero attached hydrogens (tertiary/aromatic N) is 2. The summed E-state index contributed by atoms with van der Waals surface area (Å²) in [6, 6.07) is 7.84. The van der Waals surface area contributed by atoms with Gasteiger partial charge in [-0.3, -0.25) is 19.4 Å². The van der Waals surface area contributed by atoms with Gasteiger partial charge in [0, 0.05) is 13.1 Å². The van der Waals surface area contributed by atoms with E-state index in [1.165, 1.54) is 37.9 Å². The molecule has 4 rings (SSSR count). The number of hydrogen-bond acceptors (Lipinski definition) is 4. The lowest BCUT2D eigenvalue weighted by Crippen LogP contribution is -2.54. The molecule has 1 aromatic carbocycles. The highest BCUT2D eigenvalue weighted by Gasteiger charge is 2.55. The highest BCUT2D eigenvalue weighted by Crippen LogP contribution is 2.38. The van der Waals surface area contributed by atoms with Crippen LogP contribution < -0.4 is 10.6 Å². The second-order valence-electron chi connectivity index (χ2n) is 9.37. The molecule has 2 heterocycles. The van der Waals surface area contributed by atoms with Crippen molar-refractivity contribution in [2.24, 2.45) is 5.92 Å². The molecule has 2 unspecified atom stereocenters. The number of imide groups is 1. The van der Waals surface area contributed by atoms with Gasteiger partial charge in [-0.15, -0.1) is 0 Å². The van der Waals surface area contributed by atoms with Gasteiger partial charge in [-0.05, 0) is 55.8 Å². The highest BCUT2D eigenvalue weighted by atomic mass is 16.2. The van der Waals surface area contributed by atoms with Crippen LogP contribution in [0.1, 0.15) is 63.0 Å². The van der Waals surface area contributed by atoms with Crippen molar-refractivity contribution < 1.29 is 14.4 Å². The largest absolute Gasteiger partial charge is 0.350 e. The first-order chi connectivity index (χ1) is 15.0. The van der Waals surface area contributed by atoms with Crippen LogP contribution >= 0.6 is 0 Å². The van der Waals surface area contributed by atoms with Crippen molar-refractivity contribution >= 4 is 17.8 Å². The highest BCUT2D eigenvalue weighted by molar-refractivity contribution is 6.09. The Kier molecular flexibility index (Phi) is 6.60. The second-order valence-corrected chi connectivity index (χ2v) is 9.37. The summed E-state index contributed by atoms with van der Waals surface area (Å²) < 4.78 is 0. The fourth-order valence-corrected chi connectivity index (χ4v) is 5.18. The number of benzene rings is 1. The molecule has 168 valence electrons. The molecule has 7 nitrogen and oxygen atoms in total. The fourth-order valence-electron chi connectivity index (χ4n) is 5.18. The van der Waals surface area contributed by atoms with Crippen molar-refractivity contribution in [2.75, 3.05) is 19.6 Å².